The van der Waals surface area contributed by atoms with Crippen molar-refractivity contribution in [2.24, 2.45) is 0 Å². The zero-order chi connectivity index (χ0) is 14.4. The normalized spacial score (nSPS) is 10.0. The average molecular weight is 266 g/mol. The van der Waals surface area contributed by atoms with Crippen molar-refractivity contribution in [3.8, 4) is 6.07 Å². The maximum Gasteiger partial charge on any atom is 0.140 e. The first-order valence-electron chi connectivity index (χ1n) is 6.68. The molecule has 102 valence electrons. The molecule has 4 heteroatoms. The summed E-state index contributed by atoms with van der Waals surface area (Å²) in [6.07, 6.45) is 2.81. The number of rotatable bonds is 5. The third kappa shape index (κ3) is 3.48. The van der Waals surface area contributed by atoms with Crippen molar-refractivity contribution in [2.45, 2.75) is 19.9 Å². The number of pyridine rings is 1. The summed E-state index contributed by atoms with van der Waals surface area (Å²) in [6.45, 7) is 3.90. The number of nitrogen functional groups attached to an aromatic ring is 1. The molecule has 2 rings (SSSR count). The highest BCUT2D eigenvalue weighted by Gasteiger charge is 2.07. The van der Waals surface area contributed by atoms with Crippen molar-refractivity contribution in [2.75, 3.05) is 17.2 Å². The third-order valence-corrected chi connectivity index (χ3v) is 3.07. The van der Waals surface area contributed by atoms with Gasteiger partial charge in [0.05, 0.1) is 11.9 Å². The van der Waals surface area contributed by atoms with E-state index >= 15 is 0 Å². The lowest BCUT2D eigenvalue weighted by molar-refractivity contribution is 0.765. The van der Waals surface area contributed by atoms with Gasteiger partial charge in [-0.2, -0.15) is 5.26 Å². The molecule has 1 aromatic heterocycles. The fraction of sp³-hybridized carbons (Fsp3) is 0.250. The van der Waals surface area contributed by atoms with E-state index < -0.39 is 0 Å². The molecule has 0 radical (unpaired) electrons. The fourth-order valence-electron chi connectivity index (χ4n) is 2.05. The number of hydrogen-bond donors (Lipinski definition) is 1. The van der Waals surface area contributed by atoms with Gasteiger partial charge in [0.2, 0.25) is 0 Å². The lowest BCUT2D eigenvalue weighted by Gasteiger charge is -2.24. The smallest absolute Gasteiger partial charge is 0.140 e. The van der Waals surface area contributed by atoms with Crippen molar-refractivity contribution in [1.29, 1.82) is 5.26 Å². The van der Waals surface area contributed by atoms with E-state index in [0.717, 1.165) is 30.9 Å². The first-order chi connectivity index (χ1) is 9.72. The number of nitrogens with two attached hydrogens (primary N) is 1. The summed E-state index contributed by atoms with van der Waals surface area (Å²) >= 11 is 0. The Morgan fingerprint density at radius 3 is 2.50 bits per heavy atom. The van der Waals surface area contributed by atoms with E-state index in [1.54, 1.807) is 12.3 Å². The number of nitriles is 1. The second-order valence-corrected chi connectivity index (χ2v) is 4.68. The minimum absolute atomic E-state index is 0.442. The van der Waals surface area contributed by atoms with Crippen molar-refractivity contribution in [3.63, 3.8) is 0 Å². The molecule has 1 heterocycles. The molecule has 0 aliphatic rings. The molecule has 2 N–H and O–H groups in total. The Bertz CT molecular complexity index is 581. The van der Waals surface area contributed by atoms with Crippen LogP contribution in [0.3, 0.4) is 0 Å². The minimum Gasteiger partial charge on any atom is -0.399 e. The van der Waals surface area contributed by atoms with Crippen LogP contribution in [0.2, 0.25) is 0 Å². The summed E-state index contributed by atoms with van der Waals surface area (Å²) in [5, 5.41) is 8.79. The lowest BCUT2D eigenvalue weighted by Crippen LogP contribution is -2.23. The predicted molar refractivity (Wildman–Crippen MR) is 81.1 cm³/mol. The number of anilines is 2. The van der Waals surface area contributed by atoms with Gasteiger partial charge in [-0.15, -0.1) is 0 Å². The van der Waals surface area contributed by atoms with Gasteiger partial charge in [-0.05, 0) is 36.2 Å². The van der Waals surface area contributed by atoms with Crippen LogP contribution in [0.5, 0.6) is 0 Å². The van der Waals surface area contributed by atoms with E-state index in [0.29, 0.717) is 5.69 Å². The molecule has 0 bridgehead atoms. The van der Waals surface area contributed by atoms with Gasteiger partial charge in [-0.3, -0.25) is 0 Å². The summed E-state index contributed by atoms with van der Waals surface area (Å²) < 4.78 is 0. The molecular weight excluding hydrogens is 248 g/mol. The molecule has 20 heavy (non-hydrogen) atoms. The highest BCUT2D eigenvalue weighted by atomic mass is 15.1. The molecule has 0 aliphatic carbocycles. The molecule has 2 aromatic rings. The fourth-order valence-corrected chi connectivity index (χ4v) is 2.05. The van der Waals surface area contributed by atoms with E-state index in [1.165, 1.54) is 5.56 Å². The second kappa shape index (κ2) is 6.58. The Morgan fingerprint density at radius 2 is 1.95 bits per heavy atom. The van der Waals surface area contributed by atoms with Gasteiger partial charge in [0.1, 0.15) is 11.8 Å². The Labute approximate surface area is 119 Å². The van der Waals surface area contributed by atoms with E-state index in [4.69, 9.17) is 11.0 Å². The van der Waals surface area contributed by atoms with Crippen LogP contribution in [-0.2, 0) is 6.54 Å². The predicted octanol–water partition coefficient (Wildman–Crippen LogP) is 2.95. The van der Waals surface area contributed by atoms with Crippen molar-refractivity contribution in [3.05, 3.63) is 53.9 Å². The van der Waals surface area contributed by atoms with Crippen molar-refractivity contribution >= 4 is 11.4 Å². The van der Waals surface area contributed by atoms with Crippen LogP contribution < -0.4 is 10.6 Å². The van der Waals surface area contributed by atoms with Gasteiger partial charge in [0.25, 0.3) is 0 Å². The molecule has 0 spiro atoms. The summed E-state index contributed by atoms with van der Waals surface area (Å²) in [4.78, 5) is 6.38. The molecule has 0 saturated carbocycles. The molecule has 0 unspecified atom stereocenters. The van der Waals surface area contributed by atoms with Crippen LogP contribution in [0.4, 0.5) is 11.4 Å². The highest BCUT2D eigenvalue weighted by Crippen LogP contribution is 2.17. The van der Waals surface area contributed by atoms with Gasteiger partial charge in [-0.1, -0.05) is 19.1 Å². The Balaban J connectivity index is 2.17. The Morgan fingerprint density at radius 1 is 1.20 bits per heavy atom. The standard InChI is InChI=1S/C16H18N4/c1-2-9-20(12-13-3-5-14(18)6-4-13)16-8-7-15(10-17)19-11-16/h3-8,11H,2,9,12,18H2,1H3. The topological polar surface area (TPSA) is 65.9 Å². The van der Waals surface area contributed by atoms with Crippen LogP contribution in [0.1, 0.15) is 24.6 Å². The lowest BCUT2D eigenvalue weighted by atomic mass is 10.2. The van der Waals surface area contributed by atoms with Gasteiger partial charge >= 0.3 is 0 Å². The van der Waals surface area contributed by atoms with E-state index in [-0.39, 0.29) is 0 Å². The van der Waals surface area contributed by atoms with Crippen LogP contribution in [0.15, 0.2) is 42.6 Å². The van der Waals surface area contributed by atoms with Gasteiger partial charge in [-0.25, -0.2) is 4.98 Å². The molecule has 0 atom stereocenters. The molecule has 0 aliphatic heterocycles. The summed E-state index contributed by atoms with van der Waals surface area (Å²) in [6, 6.07) is 13.6. The minimum atomic E-state index is 0.442. The van der Waals surface area contributed by atoms with Gasteiger partial charge in [0, 0.05) is 18.8 Å². The van der Waals surface area contributed by atoms with E-state index in [2.05, 4.69) is 16.8 Å². The largest absolute Gasteiger partial charge is 0.399 e. The molecular formula is C16H18N4. The van der Waals surface area contributed by atoms with Crippen molar-refractivity contribution < 1.29 is 0 Å². The number of hydrogen-bond acceptors (Lipinski definition) is 4. The maximum absolute atomic E-state index is 8.79. The van der Waals surface area contributed by atoms with Crippen molar-refractivity contribution in [1.82, 2.24) is 4.98 Å². The zero-order valence-corrected chi connectivity index (χ0v) is 11.6. The van der Waals surface area contributed by atoms with E-state index in [1.807, 2.05) is 36.4 Å². The summed E-state index contributed by atoms with van der Waals surface area (Å²) in [5.74, 6) is 0. The monoisotopic (exact) mass is 266 g/mol. The maximum atomic E-state index is 8.79. The first kappa shape index (κ1) is 13.9. The Hall–Kier alpha value is -2.54. The molecule has 1 aromatic carbocycles. The highest BCUT2D eigenvalue weighted by molar-refractivity contribution is 5.47. The second-order valence-electron chi connectivity index (χ2n) is 4.68. The number of aromatic nitrogens is 1. The summed E-state index contributed by atoms with van der Waals surface area (Å²) in [5.41, 5.74) is 9.16. The molecule has 0 amide bonds. The molecule has 0 saturated heterocycles. The van der Waals surface area contributed by atoms with Crippen LogP contribution in [0.25, 0.3) is 0 Å². The quantitative estimate of drug-likeness (QED) is 0.845. The molecule has 0 fully saturated rings. The SMILES string of the molecule is CCCN(Cc1ccc(N)cc1)c1ccc(C#N)nc1. The number of nitrogens with zero attached hydrogens (tertiary/aromatic N) is 3. The summed E-state index contributed by atoms with van der Waals surface area (Å²) in [7, 11) is 0. The average Bonchev–Trinajstić information content (AvgIpc) is 2.49. The third-order valence-electron chi connectivity index (χ3n) is 3.07. The number of benzene rings is 1. The van der Waals surface area contributed by atoms with E-state index in [9.17, 15) is 0 Å². The first-order valence-corrected chi connectivity index (χ1v) is 6.68. The zero-order valence-electron chi connectivity index (χ0n) is 11.6. The van der Waals surface area contributed by atoms with Gasteiger partial charge < -0.3 is 10.6 Å². The van der Waals surface area contributed by atoms with Crippen LogP contribution in [-0.4, -0.2) is 11.5 Å². The molecule has 4 nitrogen and oxygen atoms in total. The Kier molecular flexibility index (Phi) is 4.56. The van der Waals surface area contributed by atoms with Crippen LogP contribution in [0, 0.1) is 11.3 Å². The van der Waals surface area contributed by atoms with Crippen LogP contribution >= 0.6 is 0 Å². The van der Waals surface area contributed by atoms with Gasteiger partial charge in [0.15, 0.2) is 0 Å².